The van der Waals surface area contributed by atoms with Crippen molar-refractivity contribution in [1.82, 2.24) is 0 Å². The van der Waals surface area contributed by atoms with E-state index in [2.05, 4.69) is 9.44 Å². The van der Waals surface area contributed by atoms with Crippen molar-refractivity contribution in [2.75, 3.05) is 27.3 Å². The van der Waals surface area contributed by atoms with Crippen LogP contribution in [0.3, 0.4) is 0 Å². The second-order valence-corrected chi connectivity index (χ2v) is 7.53. The summed E-state index contributed by atoms with van der Waals surface area (Å²) in [5.41, 5.74) is 0.706. The summed E-state index contributed by atoms with van der Waals surface area (Å²) in [6.45, 7) is 0. The van der Waals surface area contributed by atoms with E-state index in [0.29, 0.717) is 11.4 Å². The second kappa shape index (κ2) is 5.77. The Bertz CT molecular complexity index is 596. The van der Waals surface area contributed by atoms with Crippen LogP contribution < -0.4 is 9.44 Å². The van der Waals surface area contributed by atoms with Crippen LogP contribution in [0.1, 0.15) is 0 Å². The second-order valence-electron chi connectivity index (χ2n) is 3.56. The van der Waals surface area contributed by atoms with Gasteiger partial charge in [0.05, 0.1) is 12.0 Å². The van der Waals surface area contributed by atoms with Crippen LogP contribution in [-0.2, 0) is 20.0 Å². The van der Waals surface area contributed by atoms with Gasteiger partial charge in [-0.1, -0.05) is 0 Å². The smallest absolute Gasteiger partial charge is 0.233 e. The highest BCUT2D eigenvalue weighted by molar-refractivity contribution is 7.92. The molecular weight excluding hydrogens is 300 g/mol. The Balaban J connectivity index is 2.78. The summed E-state index contributed by atoms with van der Waals surface area (Å²) in [6.07, 6.45) is 1.03. The number of benzene rings is 1. The number of sulfonamides is 2. The maximum absolute atomic E-state index is 11.4. The number of hydrogen-bond donors (Lipinski definition) is 2. The molecule has 0 aliphatic rings. The standard InChI is InChI=1S/C9H13ClN2O4S2/c1-17(13,14)11-8-2-4-9(5-3-8)12-18(15,16)7-6-10/h2-5,11-12H,6-7H2,1H3. The van der Waals surface area contributed by atoms with Gasteiger partial charge in [-0.25, -0.2) is 16.8 Å². The van der Waals surface area contributed by atoms with Gasteiger partial charge in [-0.05, 0) is 24.3 Å². The molecule has 1 rings (SSSR count). The van der Waals surface area contributed by atoms with Gasteiger partial charge in [0.25, 0.3) is 0 Å². The molecule has 0 fully saturated rings. The Morgan fingerprint density at radius 2 is 1.44 bits per heavy atom. The normalized spacial score (nSPS) is 12.1. The molecule has 18 heavy (non-hydrogen) atoms. The average molecular weight is 313 g/mol. The quantitative estimate of drug-likeness (QED) is 0.768. The van der Waals surface area contributed by atoms with Crippen molar-refractivity contribution in [3.63, 3.8) is 0 Å². The van der Waals surface area contributed by atoms with Gasteiger partial charge >= 0.3 is 0 Å². The van der Waals surface area contributed by atoms with Gasteiger partial charge in [0.15, 0.2) is 0 Å². The zero-order valence-corrected chi connectivity index (χ0v) is 11.9. The van der Waals surface area contributed by atoms with Crippen LogP contribution in [0, 0.1) is 0 Å². The molecule has 0 unspecified atom stereocenters. The predicted molar refractivity (Wildman–Crippen MR) is 73.0 cm³/mol. The summed E-state index contributed by atoms with van der Waals surface area (Å²) in [7, 11) is -6.79. The summed E-state index contributed by atoms with van der Waals surface area (Å²) in [4.78, 5) is 0. The van der Waals surface area contributed by atoms with Crippen LogP contribution in [0.15, 0.2) is 24.3 Å². The first kappa shape index (κ1) is 15.1. The van der Waals surface area contributed by atoms with E-state index in [9.17, 15) is 16.8 Å². The zero-order chi connectivity index (χ0) is 13.8. The number of rotatable bonds is 6. The molecule has 0 bridgehead atoms. The first-order valence-corrected chi connectivity index (χ1v) is 8.94. The Labute approximate surface area is 111 Å². The van der Waals surface area contributed by atoms with Gasteiger partial charge in [-0.3, -0.25) is 9.44 Å². The van der Waals surface area contributed by atoms with Crippen LogP contribution >= 0.6 is 11.6 Å². The molecule has 0 aliphatic heterocycles. The summed E-state index contributed by atoms with van der Waals surface area (Å²) in [5, 5.41) is 0. The fraction of sp³-hybridized carbons (Fsp3) is 0.333. The molecule has 0 saturated heterocycles. The van der Waals surface area contributed by atoms with Crippen LogP contribution in [-0.4, -0.2) is 34.7 Å². The lowest BCUT2D eigenvalue weighted by Crippen LogP contribution is -2.17. The SMILES string of the molecule is CS(=O)(=O)Nc1ccc(NS(=O)(=O)CCCl)cc1. The molecule has 6 nitrogen and oxygen atoms in total. The average Bonchev–Trinajstić information content (AvgIpc) is 2.18. The number of anilines is 2. The lowest BCUT2D eigenvalue weighted by molar-refractivity contribution is 0.602. The minimum absolute atomic E-state index is 0.00303. The predicted octanol–water partition coefficient (Wildman–Crippen LogP) is 1.04. The van der Waals surface area contributed by atoms with Crippen molar-refractivity contribution in [1.29, 1.82) is 0 Å². The maximum Gasteiger partial charge on any atom is 0.233 e. The van der Waals surface area contributed by atoms with Crippen molar-refractivity contribution < 1.29 is 16.8 Å². The van der Waals surface area contributed by atoms with Crippen molar-refractivity contribution in [3.05, 3.63) is 24.3 Å². The number of hydrogen-bond acceptors (Lipinski definition) is 4. The number of nitrogens with one attached hydrogen (secondary N) is 2. The molecule has 102 valence electrons. The van der Waals surface area contributed by atoms with Crippen molar-refractivity contribution in [2.24, 2.45) is 0 Å². The molecule has 0 amide bonds. The summed E-state index contributed by atoms with van der Waals surface area (Å²) in [5.74, 6) is -0.180. The minimum atomic E-state index is -3.45. The van der Waals surface area contributed by atoms with Gasteiger partial charge in [0, 0.05) is 17.3 Å². The summed E-state index contributed by atoms with van der Waals surface area (Å²) >= 11 is 5.35. The molecular formula is C9H13ClN2O4S2. The highest BCUT2D eigenvalue weighted by Gasteiger charge is 2.09. The first-order valence-electron chi connectivity index (χ1n) is 4.86. The van der Waals surface area contributed by atoms with Gasteiger partial charge in [0.1, 0.15) is 0 Å². The molecule has 1 aromatic carbocycles. The van der Waals surface area contributed by atoms with Gasteiger partial charge in [0.2, 0.25) is 20.0 Å². The number of alkyl halides is 1. The van der Waals surface area contributed by atoms with E-state index < -0.39 is 20.0 Å². The van der Waals surface area contributed by atoms with Crippen molar-refractivity contribution >= 4 is 43.0 Å². The molecule has 0 aliphatic carbocycles. The van der Waals surface area contributed by atoms with Crippen LogP contribution in [0.4, 0.5) is 11.4 Å². The van der Waals surface area contributed by atoms with Crippen molar-refractivity contribution in [2.45, 2.75) is 0 Å². The van der Waals surface area contributed by atoms with Crippen molar-refractivity contribution in [3.8, 4) is 0 Å². The molecule has 0 aromatic heterocycles. The third-order valence-electron chi connectivity index (χ3n) is 1.81. The highest BCUT2D eigenvalue weighted by atomic mass is 35.5. The van der Waals surface area contributed by atoms with E-state index >= 15 is 0 Å². The fourth-order valence-electron chi connectivity index (χ4n) is 1.15. The Morgan fingerprint density at radius 1 is 1.00 bits per heavy atom. The third kappa shape index (κ3) is 5.56. The molecule has 0 spiro atoms. The largest absolute Gasteiger partial charge is 0.284 e. The lowest BCUT2D eigenvalue weighted by Gasteiger charge is -2.08. The van der Waals surface area contributed by atoms with Crippen LogP contribution in [0.2, 0.25) is 0 Å². The third-order valence-corrected chi connectivity index (χ3v) is 4.12. The number of halogens is 1. The topological polar surface area (TPSA) is 92.3 Å². The lowest BCUT2D eigenvalue weighted by atomic mass is 10.3. The zero-order valence-electron chi connectivity index (χ0n) is 9.55. The molecule has 0 atom stereocenters. The molecule has 0 saturated carbocycles. The highest BCUT2D eigenvalue weighted by Crippen LogP contribution is 2.15. The fourth-order valence-corrected chi connectivity index (χ4v) is 3.13. The van der Waals surface area contributed by atoms with Gasteiger partial charge in [-0.2, -0.15) is 0 Å². The summed E-state index contributed by atoms with van der Waals surface area (Å²) < 4.78 is 49.3. The van der Waals surface area contributed by atoms with Gasteiger partial charge in [-0.15, -0.1) is 11.6 Å². The van der Waals surface area contributed by atoms with Gasteiger partial charge < -0.3 is 0 Å². The van der Waals surface area contributed by atoms with Crippen LogP contribution in [0.25, 0.3) is 0 Å². The maximum atomic E-state index is 11.4. The summed E-state index contributed by atoms with van der Waals surface area (Å²) in [6, 6.07) is 5.83. The molecule has 2 N–H and O–H groups in total. The molecule has 1 aromatic rings. The Hall–Kier alpha value is -0.990. The van der Waals surface area contributed by atoms with E-state index in [-0.39, 0.29) is 11.6 Å². The molecule has 0 radical (unpaired) electrons. The Morgan fingerprint density at radius 3 is 1.83 bits per heavy atom. The van der Waals surface area contributed by atoms with E-state index in [1.54, 1.807) is 0 Å². The van der Waals surface area contributed by atoms with E-state index in [4.69, 9.17) is 11.6 Å². The van der Waals surface area contributed by atoms with E-state index in [1.807, 2.05) is 0 Å². The molecule has 0 heterocycles. The minimum Gasteiger partial charge on any atom is -0.284 e. The molecule has 9 heteroatoms. The van der Waals surface area contributed by atoms with E-state index in [1.165, 1.54) is 24.3 Å². The monoisotopic (exact) mass is 312 g/mol. The van der Waals surface area contributed by atoms with Crippen LogP contribution in [0.5, 0.6) is 0 Å². The van der Waals surface area contributed by atoms with E-state index in [0.717, 1.165) is 6.26 Å². The first-order chi connectivity index (χ1) is 8.22. The Kier molecular flexibility index (Phi) is 4.83.